The summed E-state index contributed by atoms with van der Waals surface area (Å²) in [4.78, 5) is 2.34. The Balaban J connectivity index is 2.11. The Labute approximate surface area is 103 Å². The number of rotatable bonds is 2. The molecular weight excluding hydrogens is 218 g/mol. The fourth-order valence-corrected chi connectivity index (χ4v) is 2.92. The Bertz CT molecular complexity index is 333. The molecule has 1 saturated carbocycles. The third-order valence-electron chi connectivity index (χ3n) is 3.59. The first-order valence-corrected chi connectivity index (χ1v) is 6.55. The Kier molecular flexibility index (Phi) is 3.75. The predicted octanol–water partition coefficient (Wildman–Crippen LogP) is 3.98. The highest BCUT2D eigenvalue weighted by Crippen LogP contribution is 2.29. The molecule has 0 spiro atoms. The lowest BCUT2D eigenvalue weighted by atomic mass is 9.93. The molecule has 0 amide bonds. The van der Waals surface area contributed by atoms with Crippen molar-refractivity contribution in [1.29, 1.82) is 0 Å². The van der Waals surface area contributed by atoms with Crippen molar-refractivity contribution in [2.24, 2.45) is 0 Å². The summed E-state index contributed by atoms with van der Waals surface area (Å²) in [6.45, 7) is 2.12. The number of halogens is 1. The first kappa shape index (κ1) is 11.8. The van der Waals surface area contributed by atoms with Crippen LogP contribution < -0.4 is 4.90 Å². The zero-order valence-corrected chi connectivity index (χ0v) is 10.9. The zero-order chi connectivity index (χ0) is 11.5. The van der Waals surface area contributed by atoms with Gasteiger partial charge in [-0.2, -0.15) is 0 Å². The van der Waals surface area contributed by atoms with Crippen LogP contribution in [0.25, 0.3) is 0 Å². The van der Waals surface area contributed by atoms with Crippen LogP contribution in [0.2, 0.25) is 0 Å². The minimum absolute atomic E-state index is 0.306. The molecule has 1 aromatic rings. The minimum Gasteiger partial charge on any atom is -0.370 e. The molecule has 2 rings (SSSR count). The van der Waals surface area contributed by atoms with E-state index in [1.807, 2.05) is 0 Å². The van der Waals surface area contributed by atoms with Gasteiger partial charge in [0.1, 0.15) is 0 Å². The highest BCUT2D eigenvalue weighted by atomic mass is 35.5. The normalized spacial score (nSPS) is 25.4. The molecule has 0 heterocycles. The van der Waals surface area contributed by atoms with Crippen molar-refractivity contribution in [2.45, 2.75) is 44.0 Å². The number of aryl methyl sites for hydroxylation is 1. The molecule has 0 aliphatic heterocycles. The van der Waals surface area contributed by atoms with E-state index in [2.05, 4.69) is 43.1 Å². The molecule has 0 aromatic heterocycles. The fraction of sp³-hybridized carbons (Fsp3) is 0.571. The summed E-state index contributed by atoms with van der Waals surface area (Å²) in [7, 11) is 2.16. The lowest BCUT2D eigenvalue weighted by Gasteiger charge is -2.36. The minimum atomic E-state index is 0.306. The van der Waals surface area contributed by atoms with Gasteiger partial charge in [-0.1, -0.05) is 30.5 Å². The van der Waals surface area contributed by atoms with Gasteiger partial charge in [0, 0.05) is 18.8 Å². The molecule has 1 aliphatic rings. The van der Waals surface area contributed by atoms with Gasteiger partial charge in [0.05, 0.1) is 5.38 Å². The van der Waals surface area contributed by atoms with Crippen LogP contribution >= 0.6 is 11.6 Å². The van der Waals surface area contributed by atoms with Crippen molar-refractivity contribution in [1.82, 2.24) is 0 Å². The number of nitrogens with zero attached hydrogens (tertiary/aromatic N) is 1. The number of alkyl halides is 1. The van der Waals surface area contributed by atoms with Crippen molar-refractivity contribution in [3.8, 4) is 0 Å². The van der Waals surface area contributed by atoms with Crippen molar-refractivity contribution in [3.05, 3.63) is 29.8 Å². The van der Waals surface area contributed by atoms with Gasteiger partial charge in [0.25, 0.3) is 0 Å². The number of hydrogen-bond acceptors (Lipinski definition) is 1. The maximum atomic E-state index is 6.42. The van der Waals surface area contributed by atoms with Crippen LogP contribution in [-0.4, -0.2) is 18.5 Å². The smallest absolute Gasteiger partial charge is 0.0539 e. The molecule has 2 atom stereocenters. The molecule has 16 heavy (non-hydrogen) atoms. The molecule has 0 saturated heterocycles. The van der Waals surface area contributed by atoms with Gasteiger partial charge in [-0.05, 0) is 31.9 Å². The monoisotopic (exact) mass is 237 g/mol. The van der Waals surface area contributed by atoms with Crippen LogP contribution in [0, 0.1) is 6.92 Å². The van der Waals surface area contributed by atoms with Crippen LogP contribution in [0.1, 0.15) is 31.2 Å². The third kappa shape index (κ3) is 2.52. The Morgan fingerprint density at radius 2 is 1.75 bits per heavy atom. The molecule has 1 aliphatic carbocycles. The predicted molar refractivity (Wildman–Crippen MR) is 71.5 cm³/mol. The first-order valence-electron chi connectivity index (χ1n) is 6.12. The Morgan fingerprint density at radius 1 is 1.12 bits per heavy atom. The summed E-state index contributed by atoms with van der Waals surface area (Å²) in [5, 5.41) is 0.306. The van der Waals surface area contributed by atoms with Crippen molar-refractivity contribution in [2.75, 3.05) is 11.9 Å². The second kappa shape index (κ2) is 5.09. The molecule has 0 unspecified atom stereocenters. The fourth-order valence-electron chi connectivity index (χ4n) is 2.47. The third-order valence-corrected chi connectivity index (χ3v) is 4.10. The number of hydrogen-bond donors (Lipinski definition) is 0. The van der Waals surface area contributed by atoms with Gasteiger partial charge >= 0.3 is 0 Å². The van der Waals surface area contributed by atoms with Gasteiger partial charge in [-0.15, -0.1) is 11.6 Å². The van der Waals surface area contributed by atoms with Gasteiger partial charge in [0.2, 0.25) is 0 Å². The van der Waals surface area contributed by atoms with Crippen LogP contribution in [0.5, 0.6) is 0 Å². The van der Waals surface area contributed by atoms with Crippen LogP contribution in [0.3, 0.4) is 0 Å². The van der Waals surface area contributed by atoms with E-state index in [9.17, 15) is 0 Å². The average Bonchev–Trinajstić information content (AvgIpc) is 2.30. The van der Waals surface area contributed by atoms with Gasteiger partial charge in [0.15, 0.2) is 0 Å². The summed E-state index contributed by atoms with van der Waals surface area (Å²) in [6, 6.07) is 9.20. The van der Waals surface area contributed by atoms with E-state index >= 15 is 0 Å². The van der Waals surface area contributed by atoms with Gasteiger partial charge in [-0.25, -0.2) is 0 Å². The highest BCUT2D eigenvalue weighted by Gasteiger charge is 2.26. The van der Waals surface area contributed by atoms with E-state index in [0.29, 0.717) is 11.4 Å². The maximum Gasteiger partial charge on any atom is 0.0539 e. The molecule has 1 nitrogen and oxygen atoms in total. The standard InChI is InChI=1S/C14H20ClN/c1-11-7-9-12(10-8-11)16(2)14-6-4-3-5-13(14)15/h7-10,13-14H,3-6H2,1-2H3/t13-,14-/m0/s1. The van der Waals surface area contributed by atoms with E-state index in [4.69, 9.17) is 11.6 Å². The second-order valence-corrected chi connectivity index (χ2v) is 5.37. The first-order chi connectivity index (χ1) is 7.68. The topological polar surface area (TPSA) is 3.24 Å². The molecular formula is C14H20ClN. The Hall–Kier alpha value is -0.690. The Morgan fingerprint density at radius 3 is 2.38 bits per heavy atom. The number of anilines is 1. The average molecular weight is 238 g/mol. The summed E-state index contributed by atoms with van der Waals surface area (Å²) in [6.07, 6.45) is 4.97. The summed E-state index contributed by atoms with van der Waals surface area (Å²) < 4.78 is 0. The molecule has 0 N–H and O–H groups in total. The number of benzene rings is 1. The van der Waals surface area contributed by atoms with E-state index in [0.717, 1.165) is 6.42 Å². The lowest BCUT2D eigenvalue weighted by Crippen LogP contribution is -2.40. The molecule has 1 aromatic carbocycles. The van der Waals surface area contributed by atoms with Crippen LogP contribution in [-0.2, 0) is 0 Å². The van der Waals surface area contributed by atoms with E-state index in [1.165, 1.54) is 30.5 Å². The van der Waals surface area contributed by atoms with Crippen molar-refractivity contribution in [3.63, 3.8) is 0 Å². The van der Waals surface area contributed by atoms with Gasteiger partial charge < -0.3 is 4.90 Å². The van der Waals surface area contributed by atoms with Crippen LogP contribution in [0.15, 0.2) is 24.3 Å². The SMILES string of the molecule is Cc1ccc(N(C)[C@H]2CCCC[C@@H]2Cl)cc1. The van der Waals surface area contributed by atoms with Crippen molar-refractivity contribution >= 4 is 17.3 Å². The largest absolute Gasteiger partial charge is 0.370 e. The van der Waals surface area contributed by atoms with E-state index in [1.54, 1.807) is 0 Å². The quantitative estimate of drug-likeness (QED) is 0.704. The highest BCUT2D eigenvalue weighted by molar-refractivity contribution is 6.21. The molecule has 0 bridgehead atoms. The lowest BCUT2D eigenvalue weighted by molar-refractivity contribution is 0.434. The summed E-state index contributed by atoms with van der Waals surface area (Å²) in [5.41, 5.74) is 2.59. The zero-order valence-electron chi connectivity index (χ0n) is 10.1. The molecule has 0 radical (unpaired) electrons. The van der Waals surface area contributed by atoms with E-state index in [-0.39, 0.29) is 0 Å². The molecule has 2 heteroatoms. The van der Waals surface area contributed by atoms with Gasteiger partial charge in [-0.3, -0.25) is 0 Å². The maximum absolute atomic E-state index is 6.42. The molecule has 88 valence electrons. The molecule has 1 fully saturated rings. The summed E-state index contributed by atoms with van der Waals surface area (Å²) >= 11 is 6.42. The van der Waals surface area contributed by atoms with Crippen molar-refractivity contribution < 1.29 is 0 Å². The second-order valence-electron chi connectivity index (χ2n) is 4.81. The van der Waals surface area contributed by atoms with Crippen LogP contribution in [0.4, 0.5) is 5.69 Å². The summed E-state index contributed by atoms with van der Waals surface area (Å²) in [5.74, 6) is 0. The van der Waals surface area contributed by atoms with E-state index < -0.39 is 0 Å².